The highest BCUT2D eigenvalue weighted by molar-refractivity contribution is 7.89. The highest BCUT2D eigenvalue weighted by atomic mass is 32.2. The molecule has 0 spiro atoms. The molecule has 2 aromatic carbocycles. The van der Waals surface area contributed by atoms with Crippen LogP contribution in [0.25, 0.3) is 0 Å². The van der Waals surface area contributed by atoms with Crippen LogP contribution in [0.2, 0.25) is 0 Å². The third-order valence-electron chi connectivity index (χ3n) is 3.69. The van der Waals surface area contributed by atoms with Gasteiger partial charge >= 0.3 is 0 Å². The Labute approximate surface area is 153 Å². The molecule has 8 heteroatoms. The van der Waals surface area contributed by atoms with Gasteiger partial charge < -0.3 is 15.2 Å². The van der Waals surface area contributed by atoms with Crippen LogP contribution >= 0.6 is 0 Å². The van der Waals surface area contributed by atoms with Gasteiger partial charge in [-0.1, -0.05) is 30.3 Å². The van der Waals surface area contributed by atoms with Crippen LogP contribution in [0.1, 0.15) is 18.1 Å². The molecule has 26 heavy (non-hydrogen) atoms. The molecule has 0 fully saturated rings. The van der Waals surface area contributed by atoms with Crippen LogP contribution in [-0.2, 0) is 14.8 Å². The number of hydrogen-bond acceptors (Lipinski definition) is 5. The number of aliphatic hydroxyl groups is 1. The maximum Gasteiger partial charge on any atom is 0.240 e. The Kier molecular flexibility index (Phi) is 7.14. The van der Waals surface area contributed by atoms with Crippen molar-refractivity contribution in [2.24, 2.45) is 0 Å². The molecule has 1 amide bonds. The van der Waals surface area contributed by atoms with Gasteiger partial charge in [0.2, 0.25) is 15.9 Å². The Balaban J connectivity index is 1.75. The number of ether oxygens (including phenoxy) is 1. The molecule has 1 unspecified atom stereocenters. The Morgan fingerprint density at radius 1 is 1.12 bits per heavy atom. The largest absolute Gasteiger partial charge is 0.497 e. The smallest absolute Gasteiger partial charge is 0.240 e. The van der Waals surface area contributed by atoms with Gasteiger partial charge in [0.15, 0.2) is 0 Å². The van der Waals surface area contributed by atoms with Crippen LogP contribution in [0.3, 0.4) is 0 Å². The zero-order chi connectivity index (χ0) is 19.0. The Morgan fingerprint density at radius 3 is 2.38 bits per heavy atom. The summed E-state index contributed by atoms with van der Waals surface area (Å²) in [5.74, 6) is 0.323. The van der Waals surface area contributed by atoms with E-state index in [-0.39, 0.29) is 30.3 Å². The molecule has 0 aliphatic carbocycles. The van der Waals surface area contributed by atoms with Gasteiger partial charge in [-0.2, -0.15) is 0 Å². The second kappa shape index (κ2) is 9.33. The van der Waals surface area contributed by atoms with Gasteiger partial charge in [0.25, 0.3) is 0 Å². The first-order valence-corrected chi connectivity index (χ1v) is 9.54. The second-order valence-electron chi connectivity index (χ2n) is 5.55. The third kappa shape index (κ3) is 5.83. The lowest BCUT2D eigenvalue weighted by Crippen LogP contribution is -2.32. The summed E-state index contributed by atoms with van der Waals surface area (Å²) in [6.45, 7) is 0.0122. The van der Waals surface area contributed by atoms with Crippen LogP contribution in [-0.4, -0.2) is 39.6 Å². The lowest BCUT2D eigenvalue weighted by molar-refractivity contribution is -0.121. The summed E-state index contributed by atoms with van der Waals surface area (Å²) in [5.41, 5.74) is 0.649. The van der Waals surface area contributed by atoms with E-state index in [0.29, 0.717) is 11.3 Å². The molecule has 0 saturated carbocycles. The van der Waals surface area contributed by atoms with Gasteiger partial charge in [0.05, 0.1) is 18.1 Å². The Morgan fingerprint density at radius 2 is 1.77 bits per heavy atom. The minimum atomic E-state index is -3.63. The Bertz CT molecular complexity index is 807. The average Bonchev–Trinajstić information content (AvgIpc) is 2.66. The first-order chi connectivity index (χ1) is 12.4. The van der Waals surface area contributed by atoms with E-state index in [1.807, 2.05) is 0 Å². The summed E-state index contributed by atoms with van der Waals surface area (Å²) >= 11 is 0. The lowest BCUT2D eigenvalue weighted by atomic mass is 10.1. The molecule has 0 aliphatic heterocycles. The zero-order valence-electron chi connectivity index (χ0n) is 14.4. The molecular weight excluding hydrogens is 356 g/mol. The summed E-state index contributed by atoms with van der Waals surface area (Å²) in [4.78, 5) is 12.0. The topological polar surface area (TPSA) is 105 Å². The molecule has 0 radical (unpaired) electrons. The number of aliphatic hydroxyl groups excluding tert-OH is 1. The summed E-state index contributed by atoms with van der Waals surface area (Å²) in [5, 5.41) is 12.6. The van der Waals surface area contributed by atoms with E-state index < -0.39 is 16.1 Å². The lowest BCUT2D eigenvalue weighted by Gasteiger charge is -2.13. The maximum atomic E-state index is 12.0. The van der Waals surface area contributed by atoms with E-state index in [0.717, 1.165) is 0 Å². The van der Waals surface area contributed by atoms with Crippen LogP contribution in [0.15, 0.2) is 59.5 Å². The van der Waals surface area contributed by atoms with Crippen molar-refractivity contribution >= 4 is 15.9 Å². The summed E-state index contributed by atoms with van der Waals surface area (Å²) in [7, 11) is -2.07. The predicted molar refractivity (Wildman–Crippen MR) is 97.2 cm³/mol. The molecule has 1 atom stereocenters. The number of methoxy groups -OCH3 is 1. The molecule has 7 nitrogen and oxygen atoms in total. The van der Waals surface area contributed by atoms with Crippen molar-refractivity contribution in [2.45, 2.75) is 17.4 Å². The molecule has 0 aliphatic rings. The molecule has 140 valence electrons. The van der Waals surface area contributed by atoms with E-state index in [4.69, 9.17) is 4.74 Å². The Hall–Kier alpha value is -2.42. The molecule has 0 aromatic heterocycles. The normalized spacial score (nSPS) is 12.4. The average molecular weight is 378 g/mol. The standard InChI is InChI=1S/C18H22N2O5S/c1-25-15-9-7-14(8-10-15)17(21)13-19-18(22)11-12-20-26(23,24)16-5-3-2-4-6-16/h2-10,17,20-21H,11-13H2,1H3,(H,19,22). The highest BCUT2D eigenvalue weighted by Crippen LogP contribution is 2.16. The van der Waals surface area contributed by atoms with Crippen molar-refractivity contribution in [3.05, 3.63) is 60.2 Å². The van der Waals surface area contributed by atoms with Crippen molar-refractivity contribution < 1.29 is 23.1 Å². The van der Waals surface area contributed by atoms with Crippen LogP contribution in [0.4, 0.5) is 0 Å². The van der Waals surface area contributed by atoms with Crippen molar-refractivity contribution in [1.29, 1.82) is 0 Å². The van der Waals surface area contributed by atoms with E-state index in [1.165, 1.54) is 12.1 Å². The molecule has 0 bridgehead atoms. The molecule has 0 saturated heterocycles. The number of carbonyl (C=O) groups excluding carboxylic acids is 1. The van der Waals surface area contributed by atoms with Crippen LogP contribution in [0.5, 0.6) is 5.75 Å². The molecule has 2 rings (SSSR count). The van der Waals surface area contributed by atoms with E-state index >= 15 is 0 Å². The summed E-state index contributed by atoms with van der Waals surface area (Å²) in [6.07, 6.45) is -0.882. The minimum Gasteiger partial charge on any atom is -0.497 e. The summed E-state index contributed by atoms with van der Waals surface area (Å²) in [6, 6.07) is 14.8. The van der Waals surface area contributed by atoms with Crippen LogP contribution in [0, 0.1) is 0 Å². The predicted octanol–water partition coefficient (Wildman–Crippen LogP) is 1.21. The molecule has 2 aromatic rings. The number of rotatable bonds is 9. The van der Waals surface area contributed by atoms with Gasteiger partial charge in [-0.3, -0.25) is 4.79 Å². The van der Waals surface area contributed by atoms with Crippen molar-refractivity contribution in [2.75, 3.05) is 20.2 Å². The third-order valence-corrected chi connectivity index (χ3v) is 5.17. The van der Waals surface area contributed by atoms with E-state index in [9.17, 15) is 18.3 Å². The monoisotopic (exact) mass is 378 g/mol. The fourth-order valence-electron chi connectivity index (χ4n) is 2.22. The number of carbonyl (C=O) groups is 1. The van der Waals surface area contributed by atoms with Gasteiger partial charge in [-0.25, -0.2) is 13.1 Å². The zero-order valence-corrected chi connectivity index (χ0v) is 15.2. The van der Waals surface area contributed by atoms with Gasteiger partial charge in [0.1, 0.15) is 5.75 Å². The van der Waals surface area contributed by atoms with Crippen molar-refractivity contribution in [3.63, 3.8) is 0 Å². The van der Waals surface area contributed by atoms with Crippen molar-refractivity contribution in [3.8, 4) is 5.75 Å². The molecule has 3 N–H and O–H groups in total. The number of hydrogen-bond donors (Lipinski definition) is 3. The van der Waals surface area contributed by atoms with Crippen LogP contribution < -0.4 is 14.8 Å². The van der Waals surface area contributed by atoms with E-state index in [1.54, 1.807) is 49.6 Å². The first-order valence-electron chi connectivity index (χ1n) is 8.06. The molecular formula is C18H22N2O5S. The maximum absolute atomic E-state index is 12.0. The van der Waals surface area contributed by atoms with Gasteiger partial charge in [0, 0.05) is 19.5 Å². The molecule has 0 heterocycles. The number of amides is 1. The summed E-state index contributed by atoms with van der Waals surface area (Å²) < 4.78 is 31.5. The fraction of sp³-hybridized carbons (Fsp3) is 0.278. The quantitative estimate of drug-likeness (QED) is 0.608. The fourth-order valence-corrected chi connectivity index (χ4v) is 3.28. The number of sulfonamides is 1. The minimum absolute atomic E-state index is 0.0261. The highest BCUT2D eigenvalue weighted by Gasteiger charge is 2.14. The first kappa shape index (κ1) is 19.9. The number of nitrogens with one attached hydrogen (secondary N) is 2. The second-order valence-corrected chi connectivity index (χ2v) is 7.32. The van der Waals surface area contributed by atoms with Gasteiger partial charge in [-0.15, -0.1) is 0 Å². The SMILES string of the molecule is COc1ccc(C(O)CNC(=O)CCNS(=O)(=O)c2ccccc2)cc1. The van der Waals surface area contributed by atoms with Crippen molar-refractivity contribution in [1.82, 2.24) is 10.0 Å². The van der Waals surface area contributed by atoms with Gasteiger partial charge in [-0.05, 0) is 29.8 Å². The van der Waals surface area contributed by atoms with E-state index in [2.05, 4.69) is 10.0 Å². The number of benzene rings is 2.